The van der Waals surface area contributed by atoms with Crippen molar-refractivity contribution in [2.45, 2.75) is 12.2 Å². The molecule has 1 radical (unpaired) electrons. The van der Waals surface area contributed by atoms with Crippen LogP contribution in [0.25, 0.3) is 0 Å². The summed E-state index contributed by atoms with van der Waals surface area (Å²) in [5.74, 6) is -3.20. The van der Waals surface area contributed by atoms with Crippen molar-refractivity contribution in [1.82, 2.24) is 0 Å². The van der Waals surface area contributed by atoms with Crippen LogP contribution in [0, 0.1) is 0 Å². The number of aliphatic hydroxyl groups is 3. The minimum atomic E-state index is -1.48. The Kier molecular flexibility index (Phi) is 2.20. The second kappa shape index (κ2) is 3.00. The van der Waals surface area contributed by atoms with Crippen molar-refractivity contribution < 1.29 is 30.0 Å². The van der Waals surface area contributed by atoms with Gasteiger partial charge in [-0.25, -0.2) is 5.11 Å². The molecule has 0 unspecified atom stereocenters. The average Bonchev–Trinajstić information content (AvgIpc) is 2.32. The second-order valence-corrected chi connectivity index (χ2v) is 2.29. The zero-order valence-corrected chi connectivity index (χ0v) is 5.93. The van der Waals surface area contributed by atoms with Crippen LogP contribution in [0.5, 0.6) is 0 Å². The van der Waals surface area contributed by atoms with Crippen LogP contribution in [0.15, 0.2) is 11.7 Å². The van der Waals surface area contributed by atoms with Gasteiger partial charge in [0.05, 0.1) is 6.61 Å². The summed E-state index contributed by atoms with van der Waals surface area (Å²) in [6, 6.07) is 0. The van der Waals surface area contributed by atoms with E-state index in [0.29, 0.717) is 0 Å². The first-order valence-corrected chi connectivity index (χ1v) is 3.18. The van der Waals surface area contributed by atoms with Gasteiger partial charge in [0.25, 0.3) is 0 Å². The second-order valence-electron chi connectivity index (χ2n) is 2.29. The first kappa shape index (κ1) is 8.82. The van der Waals surface area contributed by atoms with Gasteiger partial charge in [0.15, 0.2) is 6.10 Å². The number of carbonyl (C=O) groups is 1. The number of hydrogen-bond donors (Lipinski definition) is 3. The standard InChI is InChI=1S/C6H7O6/c7-1-2(8)5-3(9)4(10)6(11)12-5/h2,5,7-8,10H,1H2/t2-,5+/m0/s1. The Balaban J connectivity index is 2.73. The van der Waals surface area contributed by atoms with E-state index in [-0.39, 0.29) is 0 Å². The molecular weight excluding hydrogens is 168 g/mol. The highest BCUT2D eigenvalue weighted by molar-refractivity contribution is 5.99. The summed E-state index contributed by atoms with van der Waals surface area (Å²) >= 11 is 0. The smallest absolute Gasteiger partial charge is 0.378 e. The van der Waals surface area contributed by atoms with Gasteiger partial charge >= 0.3 is 5.95 Å². The van der Waals surface area contributed by atoms with Crippen molar-refractivity contribution in [3.8, 4) is 0 Å². The van der Waals surface area contributed by atoms with Gasteiger partial charge in [-0.1, -0.05) is 0 Å². The molecule has 1 rings (SSSR count). The first-order valence-electron chi connectivity index (χ1n) is 3.18. The molecular formula is C6H7O6. The fourth-order valence-electron chi connectivity index (χ4n) is 0.809. The van der Waals surface area contributed by atoms with E-state index in [2.05, 4.69) is 4.74 Å². The van der Waals surface area contributed by atoms with E-state index >= 15 is 0 Å². The Hall–Kier alpha value is -1.27. The Morgan fingerprint density at radius 3 is 2.50 bits per heavy atom. The van der Waals surface area contributed by atoms with Gasteiger partial charge in [-0.3, -0.25) is 4.79 Å². The molecule has 0 amide bonds. The van der Waals surface area contributed by atoms with Crippen molar-refractivity contribution in [2.24, 2.45) is 0 Å². The summed E-state index contributed by atoms with van der Waals surface area (Å²) < 4.78 is 4.25. The summed E-state index contributed by atoms with van der Waals surface area (Å²) in [4.78, 5) is 10.8. The molecule has 1 aliphatic rings. The van der Waals surface area contributed by atoms with Gasteiger partial charge in [-0.2, -0.15) is 0 Å². The number of ether oxygens (including phenoxy) is 1. The van der Waals surface area contributed by atoms with Crippen LogP contribution in [0.3, 0.4) is 0 Å². The predicted molar refractivity (Wildman–Crippen MR) is 33.3 cm³/mol. The minimum absolute atomic E-state index is 0.711. The van der Waals surface area contributed by atoms with E-state index in [1.165, 1.54) is 0 Å². The summed E-state index contributed by atoms with van der Waals surface area (Å²) in [6.45, 7) is -0.711. The lowest BCUT2D eigenvalue weighted by Crippen LogP contribution is -2.35. The summed E-state index contributed by atoms with van der Waals surface area (Å²) in [5, 5.41) is 36.5. The molecule has 0 saturated carbocycles. The maximum absolute atomic E-state index is 10.8. The Labute approximate surface area is 67.3 Å². The first-order chi connectivity index (χ1) is 5.57. The topological polar surface area (TPSA) is 107 Å². The van der Waals surface area contributed by atoms with Gasteiger partial charge in [0.2, 0.25) is 11.5 Å². The molecule has 12 heavy (non-hydrogen) atoms. The Morgan fingerprint density at radius 2 is 2.17 bits per heavy atom. The number of rotatable bonds is 2. The molecule has 0 bridgehead atoms. The van der Waals surface area contributed by atoms with E-state index in [9.17, 15) is 9.90 Å². The fourth-order valence-corrected chi connectivity index (χ4v) is 0.809. The maximum atomic E-state index is 10.8. The van der Waals surface area contributed by atoms with E-state index in [1.54, 1.807) is 0 Å². The molecule has 0 aromatic carbocycles. The van der Waals surface area contributed by atoms with Crippen molar-refractivity contribution in [3.05, 3.63) is 11.7 Å². The SMILES string of the molecule is [O]C1=C(O)C(=O)[C@@H]([C@@H](O)CO)O1. The van der Waals surface area contributed by atoms with Crippen molar-refractivity contribution in [1.29, 1.82) is 0 Å². The molecule has 1 aliphatic heterocycles. The number of hydrogen-bond acceptors (Lipinski definition) is 5. The summed E-state index contributed by atoms with van der Waals surface area (Å²) in [6.07, 6.45) is -2.95. The third kappa shape index (κ3) is 1.21. The lowest BCUT2D eigenvalue weighted by atomic mass is 10.1. The molecule has 0 aromatic heterocycles. The van der Waals surface area contributed by atoms with Crippen LogP contribution >= 0.6 is 0 Å². The largest absolute Gasteiger partial charge is 0.499 e. The minimum Gasteiger partial charge on any atom is -0.499 e. The van der Waals surface area contributed by atoms with E-state index in [4.69, 9.17) is 15.3 Å². The molecule has 3 N–H and O–H groups in total. The molecule has 6 nitrogen and oxygen atoms in total. The highest BCUT2D eigenvalue weighted by atomic mass is 16.6. The fraction of sp³-hybridized carbons (Fsp3) is 0.500. The highest BCUT2D eigenvalue weighted by Crippen LogP contribution is 2.20. The molecule has 67 valence electrons. The molecule has 0 saturated heterocycles. The van der Waals surface area contributed by atoms with Crippen molar-refractivity contribution >= 4 is 5.78 Å². The summed E-state index contributed by atoms with van der Waals surface area (Å²) in [7, 11) is 0. The Morgan fingerprint density at radius 1 is 1.58 bits per heavy atom. The van der Waals surface area contributed by atoms with Crippen LogP contribution in [0.2, 0.25) is 0 Å². The van der Waals surface area contributed by atoms with E-state index < -0.39 is 36.3 Å². The molecule has 6 heteroatoms. The van der Waals surface area contributed by atoms with Gasteiger partial charge in [-0.05, 0) is 0 Å². The van der Waals surface area contributed by atoms with Gasteiger partial charge < -0.3 is 20.1 Å². The third-order valence-electron chi connectivity index (χ3n) is 1.46. The number of Topliss-reactive ketones (excluding diaryl/α,β-unsaturated/α-hetero) is 1. The van der Waals surface area contributed by atoms with E-state index in [0.717, 1.165) is 0 Å². The molecule has 0 aliphatic carbocycles. The third-order valence-corrected chi connectivity index (χ3v) is 1.46. The molecule has 2 atom stereocenters. The molecule has 0 aromatic rings. The zero-order chi connectivity index (χ0) is 9.30. The van der Waals surface area contributed by atoms with Crippen LogP contribution < -0.4 is 0 Å². The molecule has 0 spiro atoms. The average molecular weight is 175 g/mol. The van der Waals surface area contributed by atoms with Crippen LogP contribution in [0.1, 0.15) is 0 Å². The van der Waals surface area contributed by atoms with Gasteiger partial charge in [0.1, 0.15) is 6.10 Å². The quantitative estimate of drug-likeness (QED) is 0.471. The maximum Gasteiger partial charge on any atom is 0.378 e. The van der Waals surface area contributed by atoms with Gasteiger partial charge in [0, 0.05) is 0 Å². The highest BCUT2D eigenvalue weighted by Gasteiger charge is 2.41. The summed E-state index contributed by atoms with van der Waals surface area (Å²) in [5.41, 5.74) is 0. The monoisotopic (exact) mass is 175 g/mol. The van der Waals surface area contributed by atoms with Crippen LogP contribution in [-0.4, -0.2) is 39.9 Å². The normalized spacial score (nSPS) is 25.8. The number of carbonyl (C=O) groups excluding carboxylic acids is 1. The molecule has 1 heterocycles. The Bertz CT molecular complexity index is 232. The predicted octanol–water partition coefficient (Wildman–Crippen LogP) is -1.53. The van der Waals surface area contributed by atoms with Crippen molar-refractivity contribution in [2.75, 3.05) is 6.61 Å². The van der Waals surface area contributed by atoms with E-state index in [1.807, 2.05) is 0 Å². The van der Waals surface area contributed by atoms with Gasteiger partial charge in [-0.15, -0.1) is 0 Å². The number of ketones is 1. The number of aliphatic hydroxyl groups excluding tert-OH is 3. The molecule has 0 fully saturated rings. The van der Waals surface area contributed by atoms with Crippen LogP contribution in [0.4, 0.5) is 0 Å². The van der Waals surface area contributed by atoms with Crippen LogP contribution in [-0.2, 0) is 14.6 Å². The lowest BCUT2D eigenvalue weighted by Gasteiger charge is -2.12. The lowest BCUT2D eigenvalue weighted by molar-refractivity contribution is -0.132. The zero-order valence-electron chi connectivity index (χ0n) is 5.93. The van der Waals surface area contributed by atoms with Crippen molar-refractivity contribution in [3.63, 3.8) is 0 Å².